The molecular weight excluding hydrogens is 417 g/mol. The van der Waals surface area contributed by atoms with E-state index in [0.29, 0.717) is 44.8 Å². The molecular formula is C23H24FN3O3S. The summed E-state index contributed by atoms with van der Waals surface area (Å²) < 4.78 is 39.9. The zero-order valence-corrected chi connectivity index (χ0v) is 17.8. The maximum Gasteiger partial charge on any atom is 0.251 e. The number of rotatable bonds is 6. The van der Waals surface area contributed by atoms with Gasteiger partial charge in [0.25, 0.3) is 5.91 Å². The van der Waals surface area contributed by atoms with Crippen LogP contribution in [0.3, 0.4) is 0 Å². The highest BCUT2D eigenvalue weighted by Crippen LogP contribution is 2.18. The highest BCUT2D eigenvalue weighted by Gasteiger charge is 2.28. The first-order valence-electron chi connectivity index (χ1n) is 10.2. The number of benzene rings is 3. The smallest absolute Gasteiger partial charge is 0.251 e. The van der Waals surface area contributed by atoms with Crippen LogP contribution in [0.1, 0.15) is 10.4 Å². The molecule has 31 heavy (non-hydrogen) atoms. The number of carbonyl (C=O) groups excluding carboxylic acids is 1. The summed E-state index contributed by atoms with van der Waals surface area (Å²) in [5.74, 6) is -0.585. The molecule has 3 aromatic carbocycles. The van der Waals surface area contributed by atoms with Gasteiger partial charge in [-0.2, -0.15) is 4.31 Å². The zero-order chi connectivity index (χ0) is 21.8. The molecule has 1 saturated heterocycles. The average molecular weight is 442 g/mol. The van der Waals surface area contributed by atoms with Gasteiger partial charge in [-0.05, 0) is 47.2 Å². The molecule has 0 unspecified atom stereocenters. The van der Waals surface area contributed by atoms with Crippen LogP contribution in [0, 0.1) is 5.82 Å². The lowest BCUT2D eigenvalue weighted by Gasteiger charge is -2.33. The van der Waals surface area contributed by atoms with Gasteiger partial charge < -0.3 is 5.32 Å². The number of hydrogen-bond acceptors (Lipinski definition) is 4. The Morgan fingerprint density at radius 3 is 2.29 bits per heavy atom. The molecule has 0 aromatic heterocycles. The zero-order valence-electron chi connectivity index (χ0n) is 17.0. The van der Waals surface area contributed by atoms with Crippen molar-refractivity contribution in [2.24, 2.45) is 0 Å². The van der Waals surface area contributed by atoms with Gasteiger partial charge in [0.1, 0.15) is 5.82 Å². The number of carbonyl (C=O) groups is 1. The third kappa shape index (κ3) is 4.92. The van der Waals surface area contributed by atoms with Crippen molar-refractivity contribution in [3.8, 4) is 0 Å². The SMILES string of the molecule is O=C(NCCN1CCN(S(=O)(=O)c2ccc(F)cc2)CC1)c1ccc2ccccc2c1. The van der Waals surface area contributed by atoms with Gasteiger partial charge in [0.2, 0.25) is 10.0 Å². The van der Waals surface area contributed by atoms with Crippen molar-refractivity contribution in [2.45, 2.75) is 4.90 Å². The minimum atomic E-state index is -3.62. The highest BCUT2D eigenvalue weighted by atomic mass is 32.2. The van der Waals surface area contributed by atoms with Crippen LogP contribution in [0.25, 0.3) is 10.8 Å². The summed E-state index contributed by atoms with van der Waals surface area (Å²) in [6, 6.07) is 18.4. The monoisotopic (exact) mass is 441 g/mol. The lowest BCUT2D eigenvalue weighted by atomic mass is 10.1. The lowest BCUT2D eigenvalue weighted by molar-refractivity contribution is 0.0945. The van der Waals surface area contributed by atoms with Crippen LogP contribution >= 0.6 is 0 Å². The Bertz CT molecular complexity index is 1170. The fourth-order valence-corrected chi connectivity index (χ4v) is 5.13. The van der Waals surface area contributed by atoms with Crippen LogP contribution in [-0.4, -0.2) is 62.8 Å². The Kier molecular flexibility index (Phi) is 6.31. The predicted octanol–water partition coefficient (Wildman–Crippen LogP) is 2.72. The second-order valence-electron chi connectivity index (χ2n) is 7.52. The minimum absolute atomic E-state index is 0.102. The molecule has 1 N–H and O–H groups in total. The largest absolute Gasteiger partial charge is 0.351 e. The van der Waals surface area contributed by atoms with Gasteiger partial charge in [0.15, 0.2) is 0 Å². The van der Waals surface area contributed by atoms with Gasteiger partial charge in [0, 0.05) is 44.8 Å². The topological polar surface area (TPSA) is 69.7 Å². The fraction of sp³-hybridized carbons (Fsp3) is 0.261. The van der Waals surface area contributed by atoms with E-state index >= 15 is 0 Å². The van der Waals surface area contributed by atoms with Gasteiger partial charge in [-0.1, -0.05) is 30.3 Å². The van der Waals surface area contributed by atoms with Crippen molar-refractivity contribution in [2.75, 3.05) is 39.3 Å². The summed E-state index contributed by atoms with van der Waals surface area (Å²) in [4.78, 5) is 14.7. The summed E-state index contributed by atoms with van der Waals surface area (Å²) in [6.45, 7) is 3.00. The summed E-state index contributed by atoms with van der Waals surface area (Å²) in [7, 11) is -3.62. The Morgan fingerprint density at radius 2 is 1.58 bits per heavy atom. The van der Waals surface area contributed by atoms with Crippen molar-refractivity contribution < 1.29 is 17.6 Å². The molecule has 8 heteroatoms. The van der Waals surface area contributed by atoms with E-state index in [-0.39, 0.29) is 10.8 Å². The van der Waals surface area contributed by atoms with Gasteiger partial charge in [-0.15, -0.1) is 0 Å². The van der Waals surface area contributed by atoms with E-state index in [1.807, 2.05) is 42.5 Å². The third-order valence-corrected chi connectivity index (χ3v) is 7.42. The standard InChI is InChI=1S/C23H24FN3O3S/c24-21-7-9-22(10-8-21)31(29,30)27-15-13-26(14-16-27)12-11-25-23(28)20-6-5-18-3-1-2-4-19(18)17-20/h1-10,17H,11-16H2,(H,25,28). The van der Waals surface area contributed by atoms with Crippen molar-refractivity contribution in [3.05, 3.63) is 78.1 Å². The van der Waals surface area contributed by atoms with Crippen LogP contribution < -0.4 is 5.32 Å². The number of amides is 1. The summed E-state index contributed by atoms with van der Waals surface area (Å²) in [5, 5.41) is 5.05. The average Bonchev–Trinajstić information content (AvgIpc) is 2.79. The highest BCUT2D eigenvalue weighted by molar-refractivity contribution is 7.89. The van der Waals surface area contributed by atoms with E-state index < -0.39 is 15.8 Å². The van der Waals surface area contributed by atoms with Crippen LogP contribution in [-0.2, 0) is 10.0 Å². The Balaban J connectivity index is 1.26. The second-order valence-corrected chi connectivity index (χ2v) is 9.46. The molecule has 1 heterocycles. The van der Waals surface area contributed by atoms with E-state index in [0.717, 1.165) is 22.9 Å². The first-order valence-corrected chi connectivity index (χ1v) is 11.6. The Morgan fingerprint density at radius 1 is 0.903 bits per heavy atom. The first-order chi connectivity index (χ1) is 14.9. The summed E-state index contributed by atoms with van der Waals surface area (Å²) in [5.41, 5.74) is 0.619. The molecule has 1 aliphatic rings. The van der Waals surface area contributed by atoms with Crippen molar-refractivity contribution in [1.29, 1.82) is 0 Å². The Hall–Kier alpha value is -2.81. The van der Waals surface area contributed by atoms with Crippen LogP contribution in [0.4, 0.5) is 4.39 Å². The molecule has 3 aromatic rings. The maximum absolute atomic E-state index is 13.1. The molecule has 0 spiro atoms. The number of nitrogens with zero attached hydrogens (tertiary/aromatic N) is 2. The van der Waals surface area contributed by atoms with Crippen molar-refractivity contribution in [1.82, 2.24) is 14.5 Å². The number of nitrogens with one attached hydrogen (secondary N) is 1. The Labute approximate surface area is 181 Å². The molecule has 0 saturated carbocycles. The summed E-state index contributed by atoms with van der Waals surface area (Å²) >= 11 is 0. The molecule has 6 nitrogen and oxygen atoms in total. The lowest BCUT2D eigenvalue weighted by Crippen LogP contribution is -2.50. The van der Waals surface area contributed by atoms with Crippen LogP contribution in [0.5, 0.6) is 0 Å². The molecule has 1 aliphatic heterocycles. The van der Waals surface area contributed by atoms with E-state index in [1.165, 1.54) is 16.4 Å². The van der Waals surface area contributed by atoms with Gasteiger partial charge in [0.05, 0.1) is 4.90 Å². The van der Waals surface area contributed by atoms with Crippen molar-refractivity contribution in [3.63, 3.8) is 0 Å². The maximum atomic E-state index is 13.1. The molecule has 162 valence electrons. The number of piperazine rings is 1. The van der Waals surface area contributed by atoms with E-state index in [2.05, 4.69) is 10.2 Å². The van der Waals surface area contributed by atoms with E-state index in [4.69, 9.17) is 0 Å². The molecule has 4 rings (SSSR count). The third-order valence-electron chi connectivity index (χ3n) is 5.51. The normalized spacial score (nSPS) is 15.8. The van der Waals surface area contributed by atoms with Crippen LogP contribution in [0.15, 0.2) is 71.6 Å². The molecule has 1 fully saturated rings. The molecule has 0 bridgehead atoms. The quantitative estimate of drug-likeness (QED) is 0.639. The first kappa shape index (κ1) is 21.4. The van der Waals surface area contributed by atoms with Gasteiger partial charge in [-0.3, -0.25) is 9.69 Å². The molecule has 1 amide bonds. The van der Waals surface area contributed by atoms with Gasteiger partial charge >= 0.3 is 0 Å². The molecule has 0 atom stereocenters. The second kappa shape index (κ2) is 9.13. The van der Waals surface area contributed by atoms with E-state index in [1.54, 1.807) is 0 Å². The fourth-order valence-electron chi connectivity index (χ4n) is 3.71. The minimum Gasteiger partial charge on any atom is -0.351 e. The number of fused-ring (bicyclic) bond motifs is 1. The van der Waals surface area contributed by atoms with E-state index in [9.17, 15) is 17.6 Å². The van der Waals surface area contributed by atoms with Crippen molar-refractivity contribution >= 4 is 26.7 Å². The summed E-state index contributed by atoms with van der Waals surface area (Å²) in [6.07, 6.45) is 0. The predicted molar refractivity (Wildman–Crippen MR) is 118 cm³/mol. The number of hydrogen-bond donors (Lipinski definition) is 1. The van der Waals surface area contributed by atoms with Gasteiger partial charge in [-0.25, -0.2) is 12.8 Å². The molecule has 0 aliphatic carbocycles. The number of sulfonamides is 1. The van der Waals surface area contributed by atoms with Crippen LogP contribution in [0.2, 0.25) is 0 Å². The number of halogens is 1. The molecule has 0 radical (unpaired) electrons.